The molecule has 0 aliphatic heterocycles. The van der Waals surface area contributed by atoms with E-state index in [9.17, 15) is 4.79 Å². The average Bonchev–Trinajstić information content (AvgIpc) is 1.85. The van der Waals surface area contributed by atoms with Crippen molar-refractivity contribution in [3.8, 4) is 6.19 Å². The highest BCUT2D eigenvalue weighted by Crippen LogP contribution is 1.74. The van der Waals surface area contributed by atoms with Gasteiger partial charge in [-0.2, -0.15) is 5.26 Å². The molecule has 0 saturated carbocycles. The van der Waals surface area contributed by atoms with Gasteiger partial charge in [0.2, 0.25) is 0 Å². The molecule has 1 N–H and O–H groups in total. The lowest BCUT2D eigenvalue weighted by Crippen LogP contribution is -2.18. The van der Waals surface area contributed by atoms with Crippen molar-refractivity contribution >= 4 is 6.09 Å². The van der Waals surface area contributed by atoms with Crippen LogP contribution in [0.1, 0.15) is 0 Å². The maximum Gasteiger partial charge on any atom is 0.420 e. The number of alkyl carbamates (subject to hydrolysis) is 1. The quantitative estimate of drug-likeness (QED) is 0.330. The first kappa shape index (κ1) is 7.50. The monoisotopic (exact) mass is 126 g/mol. The number of hydrogen-bond donors (Lipinski definition) is 1. The van der Waals surface area contributed by atoms with Crippen LogP contribution in [0.4, 0.5) is 4.79 Å². The number of carbonyl (C=O) groups is 1. The highest BCUT2D eigenvalue weighted by atomic mass is 16.5. The van der Waals surface area contributed by atoms with Crippen LogP contribution in [0.2, 0.25) is 0 Å². The highest BCUT2D eigenvalue weighted by molar-refractivity contribution is 5.68. The van der Waals surface area contributed by atoms with Gasteiger partial charge in [-0.25, -0.2) is 10.1 Å². The molecular weight excluding hydrogens is 120 g/mol. The molecule has 0 atom stereocenters. The SMILES string of the molecule is C=CCOC(=O)NC#N. The zero-order valence-electron chi connectivity index (χ0n) is 4.76. The van der Waals surface area contributed by atoms with E-state index in [2.05, 4.69) is 11.3 Å². The van der Waals surface area contributed by atoms with E-state index < -0.39 is 6.09 Å². The fourth-order valence-electron chi connectivity index (χ4n) is 0.216. The van der Waals surface area contributed by atoms with Gasteiger partial charge in [0.1, 0.15) is 6.61 Å². The van der Waals surface area contributed by atoms with E-state index in [-0.39, 0.29) is 6.61 Å². The van der Waals surface area contributed by atoms with E-state index in [0.717, 1.165) is 0 Å². The molecule has 9 heavy (non-hydrogen) atoms. The Morgan fingerprint density at radius 3 is 3.11 bits per heavy atom. The molecule has 1 amide bonds. The predicted octanol–water partition coefficient (Wildman–Crippen LogP) is 0.380. The number of rotatable bonds is 2. The van der Waals surface area contributed by atoms with E-state index in [1.54, 1.807) is 5.32 Å². The molecule has 0 unspecified atom stereocenters. The molecule has 4 nitrogen and oxygen atoms in total. The van der Waals surface area contributed by atoms with E-state index in [0.29, 0.717) is 0 Å². The van der Waals surface area contributed by atoms with Gasteiger partial charge in [0, 0.05) is 0 Å². The number of nitrogens with zero attached hydrogens (tertiary/aromatic N) is 1. The number of hydrogen-bond acceptors (Lipinski definition) is 3. The summed E-state index contributed by atoms with van der Waals surface area (Å²) in [7, 11) is 0. The van der Waals surface area contributed by atoms with Gasteiger partial charge in [-0.1, -0.05) is 12.7 Å². The summed E-state index contributed by atoms with van der Waals surface area (Å²) in [4.78, 5) is 10.2. The Hall–Kier alpha value is -1.50. The fourth-order valence-corrected chi connectivity index (χ4v) is 0.216. The summed E-state index contributed by atoms with van der Waals surface area (Å²) in [6, 6.07) is 0. The van der Waals surface area contributed by atoms with Crippen LogP contribution >= 0.6 is 0 Å². The zero-order chi connectivity index (χ0) is 7.11. The lowest BCUT2D eigenvalue weighted by Gasteiger charge is -1.94. The van der Waals surface area contributed by atoms with Gasteiger partial charge in [-0.15, -0.1) is 0 Å². The van der Waals surface area contributed by atoms with Crippen LogP contribution in [0.5, 0.6) is 0 Å². The molecule has 0 rings (SSSR count). The molecule has 0 aromatic heterocycles. The first-order valence-electron chi connectivity index (χ1n) is 2.24. The molecular formula is C5H6N2O2. The van der Waals surface area contributed by atoms with Crippen LogP contribution in [0.15, 0.2) is 12.7 Å². The molecule has 0 aromatic carbocycles. The Labute approximate surface area is 52.7 Å². The normalized spacial score (nSPS) is 7.00. The molecule has 48 valence electrons. The summed E-state index contributed by atoms with van der Waals surface area (Å²) in [6.45, 7) is 3.42. The number of ether oxygens (including phenoxy) is 1. The largest absolute Gasteiger partial charge is 0.445 e. The minimum absolute atomic E-state index is 0.119. The number of nitriles is 1. The summed E-state index contributed by atoms with van der Waals surface area (Å²) < 4.78 is 4.34. The standard InChI is InChI=1S/C5H6N2O2/c1-2-3-9-5(8)7-4-6/h2H,1,3H2,(H,7,8). The second-order valence-electron chi connectivity index (χ2n) is 1.12. The number of amides is 1. The van der Waals surface area contributed by atoms with Crippen LogP contribution in [-0.4, -0.2) is 12.7 Å². The Morgan fingerprint density at radius 1 is 2.00 bits per heavy atom. The molecule has 0 aliphatic carbocycles. The van der Waals surface area contributed by atoms with E-state index >= 15 is 0 Å². The van der Waals surface area contributed by atoms with Crippen LogP contribution < -0.4 is 5.32 Å². The summed E-state index contributed by atoms with van der Waals surface area (Å²) in [5.74, 6) is 0. The molecule has 0 aliphatic rings. The first-order chi connectivity index (χ1) is 4.31. The van der Waals surface area contributed by atoms with Gasteiger partial charge >= 0.3 is 6.09 Å². The van der Waals surface area contributed by atoms with Crippen molar-refractivity contribution in [2.75, 3.05) is 6.61 Å². The minimum atomic E-state index is -0.752. The fraction of sp³-hybridized carbons (Fsp3) is 0.200. The Balaban J connectivity index is 3.29. The van der Waals surface area contributed by atoms with Crippen molar-refractivity contribution in [2.24, 2.45) is 0 Å². The highest BCUT2D eigenvalue weighted by Gasteiger charge is 1.94. The minimum Gasteiger partial charge on any atom is -0.445 e. The van der Waals surface area contributed by atoms with E-state index in [1.807, 2.05) is 0 Å². The van der Waals surface area contributed by atoms with Crippen molar-refractivity contribution in [1.29, 1.82) is 5.26 Å². The van der Waals surface area contributed by atoms with Gasteiger partial charge in [0.05, 0.1) is 0 Å². The lowest BCUT2D eigenvalue weighted by atomic mass is 10.7. The van der Waals surface area contributed by atoms with Gasteiger partial charge in [-0.3, -0.25) is 0 Å². The average molecular weight is 126 g/mol. The second kappa shape index (κ2) is 4.65. The van der Waals surface area contributed by atoms with Crippen molar-refractivity contribution in [3.05, 3.63) is 12.7 Å². The summed E-state index contributed by atoms with van der Waals surface area (Å²) >= 11 is 0. The van der Waals surface area contributed by atoms with Crippen LogP contribution in [0.25, 0.3) is 0 Å². The molecule has 0 saturated heterocycles. The van der Waals surface area contributed by atoms with Crippen LogP contribution in [0.3, 0.4) is 0 Å². The summed E-state index contributed by atoms with van der Waals surface area (Å²) in [6.07, 6.45) is 2.08. The van der Waals surface area contributed by atoms with Gasteiger partial charge < -0.3 is 4.74 Å². The third-order valence-electron chi connectivity index (χ3n) is 0.490. The third-order valence-corrected chi connectivity index (χ3v) is 0.490. The lowest BCUT2D eigenvalue weighted by molar-refractivity contribution is 0.163. The molecule has 0 radical (unpaired) electrons. The Bertz CT molecular complexity index is 148. The van der Waals surface area contributed by atoms with Gasteiger partial charge in [-0.05, 0) is 0 Å². The molecule has 0 bridgehead atoms. The smallest absolute Gasteiger partial charge is 0.420 e. The number of nitrogens with one attached hydrogen (secondary N) is 1. The molecule has 0 heterocycles. The van der Waals surface area contributed by atoms with E-state index in [4.69, 9.17) is 5.26 Å². The maximum atomic E-state index is 10.2. The van der Waals surface area contributed by atoms with Crippen molar-refractivity contribution in [1.82, 2.24) is 5.32 Å². The number of carbonyl (C=O) groups excluding carboxylic acids is 1. The molecule has 0 spiro atoms. The molecule has 4 heteroatoms. The Morgan fingerprint density at radius 2 is 2.67 bits per heavy atom. The zero-order valence-corrected chi connectivity index (χ0v) is 4.76. The van der Waals surface area contributed by atoms with Crippen LogP contribution in [-0.2, 0) is 4.74 Å². The maximum absolute atomic E-state index is 10.2. The third kappa shape index (κ3) is 4.35. The van der Waals surface area contributed by atoms with Crippen LogP contribution in [0, 0.1) is 11.5 Å². The van der Waals surface area contributed by atoms with Gasteiger partial charge in [0.25, 0.3) is 0 Å². The molecule has 0 aromatic rings. The topological polar surface area (TPSA) is 62.1 Å². The summed E-state index contributed by atoms with van der Waals surface area (Å²) in [5, 5.41) is 9.63. The van der Waals surface area contributed by atoms with Crippen molar-refractivity contribution in [2.45, 2.75) is 0 Å². The predicted molar refractivity (Wildman–Crippen MR) is 30.3 cm³/mol. The van der Waals surface area contributed by atoms with Crippen molar-refractivity contribution < 1.29 is 9.53 Å². The second-order valence-corrected chi connectivity index (χ2v) is 1.12. The van der Waals surface area contributed by atoms with Crippen molar-refractivity contribution in [3.63, 3.8) is 0 Å². The molecule has 0 fully saturated rings. The van der Waals surface area contributed by atoms with E-state index in [1.165, 1.54) is 12.3 Å². The van der Waals surface area contributed by atoms with Gasteiger partial charge in [0.15, 0.2) is 6.19 Å². The first-order valence-corrected chi connectivity index (χ1v) is 2.24. The summed E-state index contributed by atoms with van der Waals surface area (Å²) in [5.41, 5.74) is 0. The Kier molecular flexibility index (Phi) is 3.88.